The Kier molecular flexibility index (Phi) is 6.75. The lowest BCUT2D eigenvalue weighted by atomic mass is 10.1. The van der Waals surface area contributed by atoms with Crippen molar-refractivity contribution in [3.8, 4) is 0 Å². The number of ether oxygens (including phenoxy) is 1. The third kappa shape index (κ3) is 4.97. The highest BCUT2D eigenvalue weighted by atomic mass is 16.5. The normalized spacial score (nSPS) is 17.8. The Balaban J connectivity index is 3.67. The second-order valence-electron chi connectivity index (χ2n) is 2.63. The Labute approximate surface area is 76.9 Å². The van der Waals surface area contributed by atoms with E-state index in [1.807, 2.05) is 0 Å². The zero-order valence-corrected chi connectivity index (χ0v) is 7.33. The first-order valence-electron chi connectivity index (χ1n) is 3.97. The van der Waals surface area contributed by atoms with Crippen LogP contribution >= 0.6 is 0 Å². The molecule has 0 spiro atoms. The molecular formula is C8H16O5. The van der Waals surface area contributed by atoms with Crippen molar-refractivity contribution in [2.45, 2.75) is 18.3 Å². The summed E-state index contributed by atoms with van der Waals surface area (Å²) in [7, 11) is 0. The minimum Gasteiger partial charge on any atom is -0.394 e. The molecule has 0 bridgehead atoms. The van der Waals surface area contributed by atoms with Crippen molar-refractivity contribution in [1.82, 2.24) is 0 Å². The van der Waals surface area contributed by atoms with Crippen LogP contribution in [0.2, 0.25) is 0 Å². The Morgan fingerprint density at radius 2 is 1.85 bits per heavy atom. The largest absolute Gasteiger partial charge is 0.394 e. The number of aliphatic hydroxyl groups excluding tert-OH is 4. The Hall–Kier alpha value is -0.460. The van der Waals surface area contributed by atoms with Crippen molar-refractivity contribution in [3.05, 3.63) is 12.7 Å². The van der Waals surface area contributed by atoms with E-state index in [2.05, 4.69) is 6.58 Å². The maximum atomic E-state index is 9.17. The summed E-state index contributed by atoms with van der Waals surface area (Å²) < 4.78 is 4.84. The molecule has 0 aliphatic carbocycles. The molecule has 0 aromatic carbocycles. The predicted octanol–water partition coefficient (Wildman–Crippen LogP) is -1.74. The van der Waals surface area contributed by atoms with E-state index >= 15 is 0 Å². The van der Waals surface area contributed by atoms with E-state index in [4.69, 9.17) is 25.2 Å². The molecule has 4 N–H and O–H groups in total. The van der Waals surface area contributed by atoms with Gasteiger partial charge in [0, 0.05) is 0 Å². The molecule has 0 aliphatic heterocycles. The van der Waals surface area contributed by atoms with E-state index in [9.17, 15) is 0 Å². The lowest BCUT2D eigenvalue weighted by molar-refractivity contribution is -0.0974. The van der Waals surface area contributed by atoms with Crippen LogP contribution in [0.25, 0.3) is 0 Å². The molecular weight excluding hydrogens is 176 g/mol. The minimum absolute atomic E-state index is 0.107. The fourth-order valence-electron chi connectivity index (χ4n) is 0.735. The molecule has 0 amide bonds. The average molecular weight is 192 g/mol. The predicted molar refractivity (Wildman–Crippen MR) is 46.1 cm³/mol. The second-order valence-corrected chi connectivity index (χ2v) is 2.63. The Morgan fingerprint density at radius 3 is 2.31 bits per heavy atom. The van der Waals surface area contributed by atoms with Gasteiger partial charge in [-0.2, -0.15) is 0 Å². The first kappa shape index (κ1) is 12.5. The second kappa shape index (κ2) is 6.99. The number of aliphatic hydroxyl groups is 4. The van der Waals surface area contributed by atoms with Crippen LogP contribution in [0.3, 0.4) is 0 Å². The van der Waals surface area contributed by atoms with Gasteiger partial charge in [-0.3, -0.25) is 0 Å². The van der Waals surface area contributed by atoms with Gasteiger partial charge >= 0.3 is 0 Å². The lowest BCUT2D eigenvalue weighted by Gasteiger charge is -2.20. The summed E-state index contributed by atoms with van der Waals surface area (Å²) in [5.74, 6) is 0. The Bertz CT molecular complexity index is 138. The zero-order valence-electron chi connectivity index (χ0n) is 7.33. The molecule has 78 valence electrons. The van der Waals surface area contributed by atoms with Crippen LogP contribution in [0.5, 0.6) is 0 Å². The number of rotatable bonds is 7. The first-order valence-corrected chi connectivity index (χ1v) is 3.97. The minimum atomic E-state index is -1.39. The molecule has 0 saturated heterocycles. The summed E-state index contributed by atoms with van der Waals surface area (Å²) in [6.07, 6.45) is -2.44. The van der Waals surface area contributed by atoms with E-state index in [1.54, 1.807) is 0 Å². The summed E-state index contributed by atoms with van der Waals surface area (Å²) in [4.78, 5) is 0. The molecule has 5 nitrogen and oxygen atoms in total. The van der Waals surface area contributed by atoms with Gasteiger partial charge in [-0.25, -0.2) is 0 Å². The highest BCUT2D eigenvalue weighted by molar-refractivity contribution is 4.74. The van der Waals surface area contributed by atoms with Crippen molar-refractivity contribution in [2.75, 3.05) is 19.8 Å². The molecule has 3 atom stereocenters. The van der Waals surface area contributed by atoms with Crippen molar-refractivity contribution in [2.24, 2.45) is 0 Å². The van der Waals surface area contributed by atoms with Crippen LogP contribution in [0.4, 0.5) is 0 Å². The summed E-state index contributed by atoms with van der Waals surface area (Å²) in [6.45, 7) is 2.95. The standard InChI is InChI=1S/C8H16O5/c1-2-3-13-5-7(11)8(12)6(10)4-9/h2,6-12H,1,3-5H2/t6-,7+,8-/m0/s1. The summed E-state index contributed by atoms with van der Waals surface area (Å²) in [5, 5.41) is 35.7. The van der Waals surface area contributed by atoms with E-state index in [1.165, 1.54) is 6.08 Å². The lowest BCUT2D eigenvalue weighted by Crippen LogP contribution is -2.41. The van der Waals surface area contributed by atoms with Gasteiger partial charge in [-0.05, 0) is 0 Å². The third-order valence-corrected chi connectivity index (χ3v) is 1.50. The van der Waals surface area contributed by atoms with Crippen LogP contribution in [0.15, 0.2) is 12.7 Å². The van der Waals surface area contributed by atoms with Crippen LogP contribution in [0.1, 0.15) is 0 Å². The van der Waals surface area contributed by atoms with Gasteiger partial charge in [0.15, 0.2) is 0 Å². The summed E-state index contributed by atoms with van der Waals surface area (Å²) in [5.41, 5.74) is 0. The van der Waals surface area contributed by atoms with Gasteiger partial charge in [-0.15, -0.1) is 6.58 Å². The van der Waals surface area contributed by atoms with Gasteiger partial charge in [-0.1, -0.05) is 6.08 Å². The molecule has 0 fully saturated rings. The third-order valence-electron chi connectivity index (χ3n) is 1.50. The van der Waals surface area contributed by atoms with E-state index < -0.39 is 24.9 Å². The topological polar surface area (TPSA) is 90.2 Å². The number of hydrogen-bond acceptors (Lipinski definition) is 5. The number of hydrogen-bond donors (Lipinski definition) is 4. The van der Waals surface area contributed by atoms with Crippen LogP contribution < -0.4 is 0 Å². The van der Waals surface area contributed by atoms with Crippen molar-refractivity contribution in [3.63, 3.8) is 0 Å². The van der Waals surface area contributed by atoms with Gasteiger partial charge in [0.25, 0.3) is 0 Å². The van der Waals surface area contributed by atoms with Crippen LogP contribution in [-0.4, -0.2) is 58.6 Å². The van der Waals surface area contributed by atoms with E-state index in [0.29, 0.717) is 0 Å². The fourth-order valence-corrected chi connectivity index (χ4v) is 0.735. The van der Waals surface area contributed by atoms with Gasteiger partial charge in [0.05, 0.1) is 19.8 Å². The maximum absolute atomic E-state index is 9.17. The maximum Gasteiger partial charge on any atom is 0.110 e. The molecule has 0 unspecified atom stereocenters. The average Bonchev–Trinajstić information content (AvgIpc) is 2.15. The Morgan fingerprint density at radius 1 is 1.23 bits per heavy atom. The SMILES string of the molecule is C=CCOC[C@@H](O)[C@@H](O)[C@@H](O)CO. The highest BCUT2D eigenvalue weighted by Crippen LogP contribution is 2.00. The van der Waals surface area contributed by atoms with Crippen molar-refractivity contribution >= 4 is 0 Å². The monoisotopic (exact) mass is 192 g/mol. The smallest absolute Gasteiger partial charge is 0.110 e. The molecule has 0 radical (unpaired) electrons. The van der Waals surface area contributed by atoms with Crippen molar-refractivity contribution in [1.29, 1.82) is 0 Å². The van der Waals surface area contributed by atoms with Gasteiger partial charge < -0.3 is 25.2 Å². The van der Waals surface area contributed by atoms with Gasteiger partial charge in [0.2, 0.25) is 0 Å². The first-order chi connectivity index (χ1) is 6.13. The molecule has 0 heterocycles. The zero-order chi connectivity index (χ0) is 10.3. The molecule has 13 heavy (non-hydrogen) atoms. The highest BCUT2D eigenvalue weighted by Gasteiger charge is 2.23. The molecule has 0 aromatic rings. The fraction of sp³-hybridized carbons (Fsp3) is 0.750. The van der Waals surface area contributed by atoms with Crippen molar-refractivity contribution < 1.29 is 25.2 Å². The molecule has 0 saturated carbocycles. The quantitative estimate of drug-likeness (QED) is 0.284. The van der Waals surface area contributed by atoms with Crippen LogP contribution in [-0.2, 0) is 4.74 Å². The molecule has 5 heteroatoms. The molecule has 0 rings (SSSR count). The van der Waals surface area contributed by atoms with Gasteiger partial charge in [0.1, 0.15) is 18.3 Å². The molecule has 0 aliphatic rings. The van der Waals surface area contributed by atoms with E-state index in [0.717, 1.165) is 0 Å². The summed E-state index contributed by atoms with van der Waals surface area (Å²) in [6, 6.07) is 0. The van der Waals surface area contributed by atoms with E-state index in [-0.39, 0.29) is 13.2 Å². The van der Waals surface area contributed by atoms with Crippen LogP contribution in [0, 0.1) is 0 Å². The summed E-state index contributed by atoms with van der Waals surface area (Å²) >= 11 is 0. The molecule has 0 aromatic heterocycles.